The summed E-state index contributed by atoms with van der Waals surface area (Å²) in [5.41, 5.74) is 3.33. The minimum Gasteiger partial charge on any atom is -0.489 e. The van der Waals surface area contributed by atoms with Crippen molar-refractivity contribution in [3.8, 4) is 16.9 Å². The maximum Gasteiger partial charge on any atom is 0.341 e. The maximum absolute atomic E-state index is 13.3. The standard InChI is InChI=1S/C28H22FNO4S/c1-33-28(32)26-24(21-10-12-22(29)13-11-21)18-35-27(26)30-25(31)16-9-19-7-14-23(15-8-19)34-17-20-5-3-2-4-6-20/h2-16,18H,17H2,1H3,(H,30,31)/b16-9+. The van der Waals surface area contributed by atoms with Crippen molar-refractivity contribution in [3.05, 3.63) is 113 Å². The van der Waals surface area contributed by atoms with Gasteiger partial charge in [0.25, 0.3) is 0 Å². The summed E-state index contributed by atoms with van der Waals surface area (Å²) in [7, 11) is 1.27. The van der Waals surface area contributed by atoms with Gasteiger partial charge in [0, 0.05) is 17.0 Å². The Kier molecular flexibility index (Phi) is 7.70. The smallest absolute Gasteiger partial charge is 0.341 e. The first kappa shape index (κ1) is 23.9. The number of anilines is 1. The van der Waals surface area contributed by atoms with Crippen molar-refractivity contribution in [2.75, 3.05) is 12.4 Å². The highest BCUT2D eigenvalue weighted by Gasteiger charge is 2.22. The van der Waals surface area contributed by atoms with E-state index in [1.807, 2.05) is 54.6 Å². The Balaban J connectivity index is 1.42. The zero-order valence-corrected chi connectivity index (χ0v) is 19.7. The van der Waals surface area contributed by atoms with Crippen LogP contribution in [0.2, 0.25) is 0 Å². The summed E-state index contributed by atoms with van der Waals surface area (Å²) in [5.74, 6) is -0.633. The van der Waals surface area contributed by atoms with E-state index in [0.29, 0.717) is 22.7 Å². The number of amides is 1. The molecule has 176 valence electrons. The third-order valence-corrected chi connectivity index (χ3v) is 6.02. The predicted molar refractivity (Wildman–Crippen MR) is 136 cm³/mol. The van der Waals surface area contributed by atoms with Gasteiger partial charge in [0.1, 0.15) is 28.7 Å². The van der Waals surface area contributed by atoms with Gasteiger partial charge in [-0.2, -0.15) is 0 Å². The number of ether oxygens (including phenoxy) is 2. The fourth-order valence-corrected chi connectivity index (χ4v) is 4.30. The van der Waals surface area contributed by atoms with Crippen molar-refractivity contribution in [1.82, 2.24) is 0 Å². The molecule has 0 radical (unpaired) electrons. The minimum atomic E-state index is -0.587. The van der Waals surface area contributed by atoms with Crippen LogP contribution in [0.3, 0.4) is 0 Å². The molecule has 7 heteroatoms. The lowest BCUT2D eigenvalue weighted by atomic mass is 10.0. The molecule has 0 aliphatic carbocycles. The number of esters is 1. The van der Waals surface area contributed by atoms with Crippen molar-refractivity contribution >= 4 is 34.3 Å². The number of carbonyl (C=O) groups excluding carboxylic acids is 2. The fourth-order valence-electron chi connectivity index (χ4n) is 3.34. The van der Waals surface area contributed by atoms with Crippen molar-refractivity contribution in [2.45, 2.75) is 6.61 Å². The van der Waals surface area contributed by atoms with Gasteiger partial charge < -0.3 is 14.8 Å². The Morgan fingerprint density at radius 2 is 1.69 bits per heavy atom. The summed E-state index contributed by atoms with van der Waals surface area (Å²) >= 11 is 1.20. The van der Waals surface area contributed by atoms with E-state index >= 15 is 0 Å². The molecule has 0 unspecified atom stereocenters. The second kappa shape index (κ2) is 11.3. The molecule has 1 heterocycles. The van der Waals surface area contributed by atoms with E-state index in [4.69, 9.17) is 9.47 Å². The molecule has 4 rings (SSSR count). The highest BCUT2D eigenvalue weighted by molar-refractivity contribution is 7.15. The van der Waals surface area contributed by atoms with Crippen molar-refractivity contribution in [2.24, 2.45) is 0 Å². The zero-order valence-electron chi connectivity index (χ0n) is 18.9. The summed E-state index contributed by atoms with van der Waals surface area (Å²) in [4.78, 5) is 25.0. The number of benzene rings is 3. The molecule has 0 bridgehead atoms. The highest BCUT2D eigenvalue weighted by Crippen LogP contribution is 2.36. The third kappa shape index (κ3) is 6.22. The van der Waals surface area contributed by atoms with Gasteiger partial charge in [0.2, 0.25) is 5.91 Å². The zero-order chi connectivity index (χ0) is 24.6. The molecule has 35 heavy (non-hydrogen) atoms. The highest BCUT2D eigenvalue weighted by atomic mass is 32.1. The van der Waals surface area contributed by atoms with E-state index in [0.717, 1.165) is 16.9 Å². The van der Waals surface area contributed by atoms with E-state index in [2.05, 4.69) is 5.32 Å². The van der Waals surface area contributed by atoms with Gasteiger partial charge in [-0.1, -0.05) is 54.6 Å². The number of halogens is 1. The summed E-state index contributed by atoms with van der Waals surface area (Å²) in [6, 6.07) is 23.0. The van der Waals surface area contributed by atoms with Crippen LogP contribution >= 0.6 is 11.3 Å². The minimum absolute atomic E-state index is 0.228. The Morgan fingerprint density at radius 3 is 2.37 bits per heavy atom. The van der Waals surface area contributed by atoms with Gasteiger partial charge >= 0.3 is 5.97 Å². The molecule has 1 N–H and O–H groups in total. The largest absolute Gasteiger partial charge is 0.489 e. The van der Waals surface area contributed by atoms with Crippen LogP contribution in [0, 0.1) is 5.82 Å². The van der Waals surface area contributed by atoms with Gasteiger partial charge in [-0.05, 0) is 47.0 Å². The molecule has 0 atom stereocenters. The third-order valence-electron chi connectivity index (χ3n) is 5.13. The summed E-state index contributed by atoms with van der Waals surface area (Å²) in [6.45, 7) is 0.474. The maximum atomic E-state index is 13.3. The molecule has 0 aliphatic heterocycles. The summed E-state index contributed by atoms with van der Waals surface area (Å²) in [5, 5.41) is 4.83. The van der Waals surface area contributed by atoms with E-state index in [9.17, 15) is 14.0 Å². The molecule has 1 amide bonds. The van der Waals surface area contributed by atoms with E-state index < -0.39 is 11.9 Å². The molecular weight excluding hydrogens is 465 g/mol. The van der Waals surface area contributed by atoms with Crippen LogP contribution in [0.4, 0.5) is 9.39 Å². The SMILES string of the molecule is COC(=O)c1c(-c2ccc(F)cc2)csc1NC(=O)/C=C/c1ccc(OCc2ccccc2)cc1. The molecule has 0 aliphatic rings. The van der Waals surface area contributed by atoms with Crippen LogP contribution in [-0.2, 0) is 16.1 Å². The second-order valence-electron chi connectivity index (χ2n) is 7.52. The summed E-state index contributed by atoms with van der Waals surface area (Å²) < 4.78 is 24.0. The van der Waals surface area contributed by atoms with E-state index in [-0.39, 0.29) is 11.4 Å². The Labute approximate surface area is 206 Å². The van der Waals surface area contributed by atoms with Crippen LogP contribution in [0.5, 0.6) is 5.75 Å². The number of hydrogen-bond acceptors (Lipinski definition) is 5. The van der Waals surface area contributed by atoms with E-state index in [1.54, 1.807) is 23.6 Å². The van der Waals surface area contributed by atoms with Crippen molar-refractivity contribution < 1.29 is 23.5 Å². The molecule has 0 spiro atoms. The quantitative estimate of drug-likeness (QED) is 0.225. The molecule has 0 saturated carbocycles. The average molecular weight is 488 g/mol. The van der Waals surface area contributed by atoms with Gasteiger partial charge in [0.15, 0.2) is 0 Å². The number of methoxy groups -OCH3 is 1. The number of carbonyl (C=O) groups is 2. The fraction of sp³-hybridized carbons (Fsp3) is 0.0714. The molecule has 1 aromatic heterocycles. The average Bonchev–Trinajstić information content (AvgIpc) is 3.30. The number of nitrogens with one attached hydrogen (secondary N) is 1. The van der Waals surface area contributed by atoms with E-state index in [1.165, 1.54) is 36.7 Å². The summed E-state index contributed by atoms with van der Waals surface area (Å²) in [6.07, 6.45) is 3.06. The van der Waals surface area contributed by atoms with Crippen LogP contribution in [0.15, 0.2) is 90.3 Å². The first-order chi connectivity index (χ1) is 17.0. The molecule has 5 nitrogen and oxygen atoms in total. The predicted octanol–water partition coefficient (Wildman–Crippen LogP) is 6.57. The number of thiophene rings is 1. The lowest BCUT2D eigenvalue weighted by Gasteiger charge is -2.07. The van der Waals surface area contributed by atoms with Gasteiger partial charge in [-0.15, -0.1) is 11.3 Å². The molecule has 0 saturated heterocycles. The van der Waals surface area contributed by atoms with Gasteiger partial charge in [0.05, 0.1) is 7.11 Å². The van der Waals surface area contributed by atoms with Crippen LogP contribution in [0.1, 0.15) is 21.5 Å². The van der Waals surface area contributed by atoms with Crippen molar-refractivity contribution in [3.63, 3.8) is 0 Å². The van der Waals surface area contributed by atoms with Crippen molar-refractivity contribution in [1.29, 1.82) is 0 Å². The first-order valence-electron chi connectivity index (χ1n) is 10.7. The molecule has 0 fully saturated rings. The topological polar surface area (TPSA) is 64.6 Å². The molecule has 3 aromatic carbocycles. The van der Waals surface area contributed by atoms with Gasteiger partial charge in [-0.25, -0.2) is 9.18 Å². The lowest BCUT2D eigenvalue weighted by Crippen LogP contribution is -2.11. The Bertz CT molecular complexity index is 1330. The number of hydrogen-bond donors (Lipinski definition) is 1. The van der Waals surface area contributed by atoms with Crippen LogP contribution < -0.4 is 10.1 Å². The Hall–Kier alpha value is -4.23. The first-order valence-corrected chi connectivity index (χ1v) is 11.6. The van der Waals surface area contributed by atoms with Gasteiger partial charge in [-0.3, -0.25) is 4.79 Å². The lowest BCUT2D eigenvalue weighted by molar-refractivity contribution is -0.111. The molecule has 4 aromatic rings. The molecular formula is C28H22FNO4S. The van der Waals surface area contributed by atoms with Crippen LogP contribution in [0.25, 0.3) is 17.2 Å². The number of rotatable bonds is 8. The monoisotopic (exact) mass is 487 g/mol. The van der Waals surface area contributed by atoms with Crippen LogP contribution in [-0.4, -0.2) is 19.0 Å². The Morgan fingerprint density at radius 1 is 0.971 bits per heavy atom. The second-order valence-corrected chi connectivity index (χ2v) is 8.40. The normalized spacial score (nSPS) is 10.8.